The summed E-state index contributed by atoms with van der Waals surface area (Å²) in [7, 11) is 0. The number of amides is 1. The predicted molar refractivity (Wildman–Crippen MR) is 172 cm³/mol. The average molecular weight is 648 g/mol. The van der Waals surface area contributed by atoms with E-state index >= 15 is 0 Å². The van der Waals surface area contributed by atoms with E-state index in [1.165, 1.54) is 22.2 Å². The number of pyridine rings is 1. The van der Waals surface area contributed by atoms with Crippen LogP contribution in [0.1, 0.15) is 27.2 Å². The van der Waals surface area contributed by atoms with Gasteiger partial charge in [0.2, 0.25) is 13.6 Å². The normalized spacial score (nSPS) is 12.9. The molecule has 6 aromatic rings. The van der Waals surface area contributed by atoms with Crippen LogP contribution in [0.4, 0.5) is 0 Å². The first-order valence-corrected chi connectivity index (χ1v) is 15.7. The Bertz CT molecular complexity index is 2320. The molecule has 0 aliphatic carbocycles. The molecule has 1 N–H and O–H groups in total. The van der Waals surface area contributed by atoms with Crippen LogP contribution >= 0.6 is 11.8 Å². The Kier molecular flexibility index (Phi) is 7.21. The summed E-state index contributed by atoms with van der Waals surface area (Å²) in [6.45, 7) is 0.785. The number of nitrogens with one attached hydrogen (secondary N) is 1. The number of aromatic nitrogens is 4. The number of fused-ring (bicyclic) bond motifs is 4. The van der Waals surface area contributed by atoms with E-state index in [0.717, 1.165) is 11.1 Å². The van der Waals surface area contributed by atoms with Gasteiger partial charge < -0.3 is 24.3 Å². The zero-order valence-electron chi connectivity index (χ0n) is 24.7. The maximum absolute atomic E-state index is 13.9. The molecule has 0 spiro atoms. The number of hydrogen-bond donors (Lipinski definition) is 1. The fourth-order valence-electron chi connectivity index (χ4n) is 5.44. The van der Waals surface area contributed by atoms with Gasteiger partial charge in [0, 0.05) is 36.2 Å². The molecule has 12 nitrogen and oxygen atoms in total. The largest absolute Gasteiger partial charge is 0.454 e. The van der Waals surface area contributed by atoms with Crippen LogP contribution in [0.25, 0.3) is 16.6 Å². The minimum Gasteiger partial charge on any atom is -0.454 e. The second-order valence-corrected chi connectivity index (χ2v) is 11.8. The number of carbonyl (C=O) groups is 1. The Morgan fingerprint density at radius 1 is 0.809 bits per heavy atom. The molecule has 5 heterocycles. The molecular formula is C34H25N5O7S. The van der Waals surface area contributed by atoms with Gasteiger partial charge in [-0.2, -0.15) is 0 Å². The third kappa shape index (κ3) is 5.61. The summed E-state index contributed by atoms with van der Waals surface area (Å²) in [6.07, 6.45) is 1.67. The Hall–Kier alpha value is -5.82. The fourth-order valence-corrected chi connectivity index (χ4v) is 6.33. The number of ether oxygens (including phenoxy) is 4. The molecule has 234 valence electrons. The Labute approximate surface area is 270 Å². The summed E-state index contributed by atoms with van der Waals surface area (Å²) in [5, 5.41) is 3.76. The van der Waals surface area contributed by atoms with Crippen molar-refractivity contribution in [2.24, 2.45) is 0 Å². The quantitative estimate of drug-likeness (QED) is 0.190. The molecule has 8 rings (SSSR count). The van der Waals surface area contributed by atoms with Crippen LogP contribution in [0.15, 0.2) is 99.8 Å². The van der Waals surface area contributed by atoms with Gasteiger partial charge in [0.05, 0.1) is 23.1 Å². The zero-order valence-corrected chi connectivity index (χ0v) is 25.5. The number of benzene rings is 3. The Morgan fingerprint density at radius 3 is 2.38 bits per heavy atom. The highest BCUT2D eigenvalue weighted by Crippen LogP contribution is 2.35. The average Bonchev–Trinajstić information content (AvgIpc) is 3.76. The molecule has 0 fully saturated rings. The SMILES string of the molecule is O=C(NCc1ccc2c(c1)OCO2)c1ccc(Cn2c(SCc3cc(=O)n4ccccc4n3)nc3cc4c(cc3c2=O)OCO4)cc1. The van der Waals surface area contributed by atoms with Crippen molar-refractivity contribution in [2.45, 2.75) is 24.0 Å². The van der Waals surface area contributed by atoms with Crippen molar-refractivity contribution in [1.29, 1.82) is 0 Å². The van der Waals surface area contributed by atoms with E-state index in [2.05, 4.69) is 10.3 Å². The predicted octanol–water partition coefficient (Wildman–Crippen LogP) is 4.13. The van der Waals surface area contributed by atoms with Gasteiger partial charge >= 0.3 is 0 Å². The lowest BCUT2D eigenvalue weighted by molar-refractivity contribution is 0.0950. The monoisotopic (exact) mass is 647 g/mol. The van der Waals surface area contributed by atoms with Crippen LogP contribution in [0.5, 0.6) is 23.0 Å². The van der Waals surface area contributed by atoms with E-state index in [4.69, 9.17) is 23.9 Å². The lowest BCUT2D eigenvalue weighted by atomic mass is 10.1. The third-order valence-electron chi connectivity index (χ3n) is 7.83. The second-order valence-electron chi connectivity index (χ2n) is 10.9. The molecule has 3 aromatic heterocycles. The number of thioether (sulfide) groups is 1. The second kappa shape index (κ2) is 11.8. The van der Waals surface area contributed by atoms with Gasteiger partial charge in [0.15, 0.2) is 28.2 Å². The maximum atomic E-state index is 13.9. The first-order chi connectivity index (χ1) is 23.0. The van der Waals surface area contributed by atoms with Gasteiger partial charge in [-0.05, 0) is 53.6 Å². The van der Waals surface area contributed by atoms with E-state index < -0.39 is 0 Å². The molecule has 0 unspecified atom stereocenters. The molecule has 2 aliphatic rings. The smallest absolute Gasteiger partial charge is 0.262 e. The zero-order chi connectivity index (χ0) is 31.9. The maximum Gasteiger partial charge on any atom is 0.262 e. The Balaban J connectivity index is 1.05. The lowest BCUT2D eigenvalue weighted by Crippen LogP contribution is -2.24. The van der Waals surface area contributed by atoms with Crippen molar-refractivity contribution in [3.05, 3.63) is 128 Å². The molecule has 0 radical (unpaired) electrons. The van der Waals surface area contributed by atoms with Crippen molar-refractivity contribution < 1.29 is 23.7 Å². The van der Waals surface area contributed by atoms with E-state index in [-0.39, 0.29) is 37.2 Å². The highest BCUT2D eigenvalue weighted by Gasteiger charge is 2.20. The summed E-state index contributed by atoms with van der Waals surface area (Å²) in [5.74, 6) is 2.43. The molecule has 0 bridgehead atoms. The van der Waals surface area contributed by atoms with Crippen molar-refractivity contribution in [3.63, 3.8) is 0 Å². The highest BCUT2D eigenvalue weighted by atomic mass is 32.2. The standard InChI is InChI=1S/C34H25N5O7S/c40-31-12-23(36-30-3-1-2-10-38(30)31)17-47-34-37-25-14-29-28(45-19-46-29)13-24(25)33(42)39(34)16-20-4-7-22(8-5-20)32(41)35-15-21-6-9-26-27(11-21)44-18-43-26/h1-14H,15-19H2,(H,35,41). The number of nitrogens with zero attached hydrogens (tertiary/aromatic N) is 4. The summed E-state index contributed by atoms with van der Waals surface area (Å²) in [5.41, 5.74) is 3.29. The minimum atomic E-state index is -0.257. The molecule has 2 aliphatic heterocycles. The van der Waals surface area contributed by atoms with Gasteiger partial charge in [0.1, 0.15) is 5.65 Å². The van der Waals surface area contributed by atoms with Crippen LogP contribution in [0.2, 0.25) is 0 Å². The molecular weight excluding hydrogens is 622 g/mol. The first-order valence-electron chi connectivity index (χ1n) is 14.7. The summed E-state index contributed by atoms with van der Waals surface area (Å²) in [4.78, 5) is 48.9. The van der Waals surface area contributed by atoms with Gasteiger partial charge in [-0.15, -0.1) is 0 Å². The number of rotatable bonds is 8. The van der Waals surface area contributed by atoms with Crippen LogP contribution in [-0.4, -0.2) is 38.4 Å². The molecule has 13 heteroatoms. The van der Waals surface area contributed by atoms with E-state index in [1.54, 1.807) is 47.2 Å². The van der Waals surface area contributed by atoms with Crippen molar-refractivity contribution in [2.75, 3.05) is 13.6 Å². The Morgan fingerprint density at radius 2 is 1.55 bits per heavy atom. The molecule has 0 saturated carbocycles. The fraction of sp³-hybridized carbons (Fsp3) is 0.147. The summed E-state index contributed by atoms with van der Waals surface area (Å²) < 4.78 is 24.8. The van der Waals surface area contributed by atoms with Crippen molar-refractivity contribution in [1.82, 2.24) is 24.3 Å². The summed E-state index contributed by atoms with van der Waals surface area (Å²) in [6, 6.07) is 22.8. The van der Waals surface area contributed by atoms with Crippen LogP contribution < -0.4 is 35.4 Å². The number of carbonyl (C=O) groups excluding carboxylic acids is 1. The van der Waals surface area contributed by atoms with Gasteiger partial charge in [-0.3, -0.25) is 23.4 Å². The van der Waals surface area contributed by atoms with Gasteiger partial charge in [0.25, 0.3) is 17.0 Å². The minimum absolute atomic E-state index is 0.0707. The molecule has 3 aromatic carbocycles. The summed E-state index contributed by atoms with van der Waals surface area (Å²) >= 11 is 1.31. The van der Waals surface area contributed by atoms with Crippen LogP contribution in [-0.2, 0) is 18.8 Å². The molecule has 0 atom stereocenters. The van der Waals surface area contributed by atoms with E-state index in [1.807, 2.05) is 36.4 Å². The topological polar surface area (TPSA) is 135 Å². The molecule has 0 saturated heterocycles. The van der Waals surface area contributed by atoms with Crippen LogP contribution in [0, 0.1) is 0 Å². The van der Waals surface area contributed by atoms with E-state index in [9.17, 15) is 14.4 Å². The van der Waals surface area contributed by atoms with Gasteiger partial charge in [-0.1, -0.05) is 36.0 Å². The number of hydrogen-bond acceptors (Lipinski definition) is 10. The first kappa shape index (κ1) is 28.6. The van der Waals surface area contributed by atoms with Crippen molar-refractivity contribution in [3.8, 4) is 23.0 Å². The van der Waals surface area contributed by atoms with E-state index in [0.29, 0.717) is 68.3 Å². The third-order valence-corrected chi connectivity index (χ3v) is 8.84. The lowest BCUT2D eigenvalue weighted by Gasteiger charge is -2.14. The molecule has 1 amide bonds. The van der Waals surface area contributed by atoms with Gasteiger partial charge in [-0.25, -0.2) is 9.97 Å². The molecule has 47 heavy (non-hydrogen) atoms. The van der Waals surface area contributed by atoms with Crippen molar-refractivity contribution >= 4 is 34.2 Å². The van der Waals surface area contributed by atoms with Crippen LogP contribution in [0.3, 0.4) is 0 Å². The highest BCUT2D eigenvalue weighted by molar-refractivity contribution is 7.98.